The summed E-state index contributed by atoms with van der Waals surface area (Å²) in [7, 11) is -3.85. The van der Waals surface area contributed by atoms with Crippen molar-refractivity contribution in [1.29, 1.82) is 0 Å². The van der Waals surface area contributed by atoms with Crippen molar-refractivity contribution in [3.05, 3.63) is 29.3 Å². The number of nitrogens with zero attached hydrogens (tertiary/aromatic N) is 1. The molecule has 108 valence electrons. The maximum absolute atomic E-state index is 14.2. The molecule has 7 heteroatoms. The number of isocyanates is 1. The minimum Gasteiger partial charge on any atom is -0.224 e. The number of aliphatic imine (C=N–C) groups is 1. The second kappa shape index (κ2) is 5.07. The van der Waals surface area contributed by atoms with Crippen molar-refractivity contribution in [2.24, 2.45) is 4.99 Å². The number of sulfone groups is 1. The summed E-state index contributed by atoms with van der Waals surface area (Å²) in [5.74, 6) is -2.67. The lowest BCUT2D eigenvalue weighted by Crippen LogP contribution is -2.22. The number of carbonyl (C=O) groups excluding carboxylic acids is 1. The summed E-state index contributed by atoms with van der Waals surface area (Å²) in [6.07, 6.45) is 4.51. The van der Waals surface area contributed by atoms with Crippen LogP contribution in [0.3, 0.4) is 0 Å². The van der Waals surface area contributed by atoms with Crippen LogP contribution in [-0.4, -0.2) is 20.8 Å². The quantitative estimate of drug-likeness (QED) is 0.636. The first-order valence-corrected chi connectivity index (χ1v) is 7.98. The van der Waals surface area contributed by atoms with E-state index in [0.29, 0.717) is 12.8 Å². The van der Waals surface area contributed by atoms with Gasteiger partial charge in [0.15, 0.2) is 21.5 Å². The highest BCUT2D eigenvalue weighted by molar-refractivity contribution is 7.90. The van der Waals surface area contributed by atoms with Crippen molar-refractivity contribution in [2.75, 3.05) is 6.26 Å². The Labute approximate surface area is 115 Å². The van der Waals surface area contributed by atoms with Gasteiger partial charge in [-0.1, -0.05) is 18.9 Å². The first kappa shape index (κ1) is 14.8. The first-order valence-electron chi connectivity index (χ1n) is 6.09. The van der Waals surface area contributed by atoms with E-state index in [1.807, 2.05) is 0 Å². The van der Waals surface area contributed by atoms with Gasteiger partial charge in [0.25, 0.3) is 0 Å². The monoisotopic (exact) mass is 301 g/mol. The topological polar surface area (TPSA) is 63.6 Å². The van der Waals surface area contributed by atoms with E-state index in [1.165, 1.54) is 12.1 Å². The highest BCUT2D eigenvalue weighted by atomic mass is 32.2. The molecule has 1 aliphatic rings. The van der Waals surface area contributed by atoms with Gasteiger partial charge in [-0.2, -0.15) is 4.99 Å². The van der Waals surface area contributed by atoms with Crippen LogP contribution in [0.5, 0.6) is 0 Å². The molecule has 2 rings (SSSR count). The lowest BCUT2D eigenvalue weighted by Gasteiger charge is -2.23. The molecular weight excluding hydrogens is 288 g/mol. The van der Waals surface area contributed by atoms with Crippen molar-refractivity contribution in [2.45, 2.75) is 36.1 Å². The lowest BCUT2D eigenvalue weighted by atomic mass is 9.88. The molecule has 0 radical (unpaired) electrons. The van der Waals surface area contributed by atoms with Gasteiger partial charge in [0.2, 0.25) is 6.08 Å². The predicted molar refractivity (Wildman–Crippen MR) is 67.7 cm³/mol. The van der Waals surface area contributed by atoms with Crippen LogP contribution in [0.2, 0.25) is 0 Å². The molecule has 0 heterocycles. The Morgan fingerprint density at radius 2 is 1.80 bits per heavy atom. The Balaban J connectivity index is 2.65. The fourth-order valence-electron chi connectivity index (χ4n) is 2.67. The maximum Gasteiger partial charge on any atom is 0.235 e. The average molecular weight is 301 g/mol. The third-order valence-corrected chi connectivity index (χ3v) is 4.75. The van der Waals surface area contributed by atoms with E-state index in [-0.39, 0.29) is 5.56 Å². The van der Waals surface area contributed by atoms with Gasteiger partial charge in [0.1, 0.15) is 10.4 Å². The van der Waals surface area contributed by atoms with E-state index in [9.17, 15) is 22.0 Å². The van der Waals surface area contributed by atoms with Crippen LogP contribution >= 0.6 is 0 Å². The van der Waals surface area contributed by atoms with Crippen molar-refractivity contribution >= 4 is 15.9 Å². The summed E-state index contributed by atoms with van der Waals surface area (Å²) in [6, 6.07) is 2.21. The highest BCUT2D eigenvalue weighted by Crippen LogP contribution is 2.43. The molecule has 0 bridgehead atoms. The molecular formula is C13H13F2NO3S. The summed E-state index contributed by atoms with van der Waals surface area (Å²) < 4.78 is 50.8. The Morgan fingerprint density at radius 1 is 1.20 bits per heavy atom. The number of benzene rings is 1. The molecule has 1 aliphatic carbocycles. The van der Waals surface area contributed by atoms with Gasteiger partial charge in [0.05, 0.1) is 0 Å². The van der Waals surface area contributed by atoms with Crippen molar-refractivity contribution < 1.29 is 22.0 Å². The Kier molecular flexibility index (Phi) is 3.75. The van der Waals surface area contributed by atoms with Crippen LogP contribution in [0.15, 0.2) is 22.0 Å². The SMILES string of the molecule is CS(=O)(=O)c1ccc(C2(N=C=O)CCCC2)c(F)c1F. The molecule has 4 nitrogen and oxygen atoms in total. The Hall–Kier alpha value is -1.59. The van der Waals surface area contributed by atoms with Crippen molar-refractivity contribution in [1.82, 2.24) is 0 Å². The Bertz CT molecular complexity index is 688. The zero-order valence-electron chi connectivity index (χ0n) is 10.8. The van der Waals surface area contributed by atoms with E-state index < -0.39 is 31.9 Å². The zero-order chi connectivity index (χ0) is 15.0. The van der Waals surface area contributed by atoms with E-state index in [0.717, 1.165) is 25.2 Å². The molecule has 1 aromatic carbocycles. The van der Waals surface area contributed by atoms with Gasteiger partial charge in [-0.05, 0) is 18.9 Å². The minimum absolute atomic E-state index is 0.0803. The molecule has 0 saturated heterocycles. The normalized spacial score (nSPS) is 17.8. The molecule has 1 fully saturated rings. The minimum atomic E-state index is -3.85. The lowest BCUT2D eigenvalue weighted by molar-refractivity contribution is 0.405. The maximum atomic E-state index is 14.2. The summed E-state index contributed by atoms with van der Waals surface area (Å²) in [4.78, 5) is 13.5. The molecule has 0 spiro atoms. The molecule has 0 atom stereocenters. The smallest absolute Gasteiger partial charge is 0.224 e. The highest BCUT2D eigenvalue weighted by Gasteiger charge is 2.39. The largest absolute Gasteiger partial charge is 0.235 e. The molecule has 0 aliphatic heterocycles. The van der Waals surface area contributed by atoms with Crippen LogP contribution < -0.4 is 0 Å². The van der Waals surface area contributed by atoms with Gasteiger partial charge in [-0.25, -0.2) is 22.0 Å². The van der Waals surface area contributed by atoms with Crippen LogP contribution in [-0.2, 0) is 20.2 Å². The molecule has 0 unspecified atom stereocenters. The molecule has 0 amide bonds. The molecule has 1 saturated carbocycles. The van der Waals surface area contributed by atoms with Crippen molar-refractivity contribution in [3.63, 3.8) is 0 Å². The zero-order valence-corrected chi connectivity index (χ0v) is 11.6. The predicted octanol–water partition coefficient (Wildman–Crippen LogP) is 2.47. The third kappa shape index (κ3) is 2.39. The fourth-order valence-corrected chi connectivity index (χ4v) is 3.40. The molecule has 0 aromatic heterocycles. The summed E-state index contributed by atoms with van der Waals surface area (Å²) in [5.41, 5.74) is -1.20. The fraction of sp³-hybridized carbons (Fsp3) is 0.462. The van der Waals surface area contributed by atoms with Gasteiger partial charge in [-0.15, -0.1) is 0 Å². The van der Waals surface area contributed by atoms with Gasteiger partial charge >= 0.3 is 0 Å². The van der Waals surface area contributed by atoms with Crippen LogP contribution in [0.4, 0.5) is 8.78 Å². The first-order chi connectivity index (χ1) is 9.32. The van der Waals surface area contributed by atoms with Crippen LogP contribution in [0, 0.1) is 11.6 Å². The number of hydrogen-bond acceptors (Lipinski definition) is 4. The number of halogens is 2. The summed E-state index contributed by atoms with van der Waals surface area (Å²) in [6.45, 7) is 0. The van der Waals surface area contributed by atoms with Gasteiger partial charge < -0.3 is 0 Å². The molecule has 20 heavy (non-hydrogen) atoms. The van der Waals surface area contributed by atoms with Gasteiger partial charge in [-0.3, -0.25) is 0 Å². The third-order valence-electron chi connectivity index (χ3n) is 3.64. The second-order valence-corrected chi connectivity index (χ2v) is 6.94. The van der Waals surface area contributed by atoms with Crippen LogP contribution in [0.1, 0.15) is 31.2 Å². The van der Waals surface area contributed by atoms with Crippen LogP contribution in [0.25, 0.3) is 0 Å². The van der Waals surface area contributed by atoms with E-state index in [1.54, 1.807) is 0 Å². The Morgan fingerprint density at radius 3 is 2.30 bits per heavy atom. The summed E-state index contributed by atoms with van der Waals surface area (Å²) in [5, 5.41) is 0. The summed E-state index contributed by atoms with van der Waals surface area (Å²) >= 11 is 0. The average Bonchev–Trinajstić information content (AvgIpc) is 2.81. The van der Waals surface area contributed by atoms with E-state index >= 15 is 0 Å². The molecule has 1 aromatic rings. The molecule has 0 N–H and O–H groups in total. The standard InChI is InChI=1S/C13H13F2NO3S/c1-20(18,19)10-5-4-9(11(14)12(10)15)13(16-8-17)6-2-3-7-13/h4-5H,2-3,6-7H2,1H3. The van der Waals surface area contributed by atoms with Gasteiger partial charge in [0, 0.05) is 11.8 Å². The number of hydrogen-bond donors (Lipinski definition) is 0. The van der Waals surface area contributed by atoms with E-state index in [4.69, 9.17) is 0 Å². The van der Waals surface area contributed by atoms with E-state index in [2.05, 4.69) is 4.99 Å². The van der Waals surface area contributed by atoms with Crippen molar-refractivity contribution in [3.8, 4) is 0 Å². The second-order valence-electron chi connectivity index (χ2n) is 4.95. The number of rotatable bonds is 3.